The molecule has 1 aromatic carbocycles. The van der Waals surface area contributed by atoms with Crippen molar-refractivity contribution in [3.05, 3.63) is 29.8 Å². The van der Waals surface area contributed by atoms with Crippen LogP contribution in [0.15, 0.2) is 24.3 Å². The van der Waals surface area contributed by atoms with Gasteiger partial charge in [0.05, 0.1) is 11.3 Å². The van der Waals surface area contributed by atoms with Gasteiger partial charge in [0.25, 0.3) is 0 Å². The number of para-hydroxylation sites is 1. The van der Waals surface area contributed by atoms with Crippen LogP contribution < -0.4 is 10.6 Å². The molecule has 0 unspecified atom stereocenters. The molecule has 1 fully saturated rings. The lowest BCUT2D eigenvalue weighted by molar-refractivity contribution is -0.119. The number of nitrogens with two attached hydrogens (primary N) is 1. The first-order chi connectivity index (χ1) is 8.70. The minimum absolute atomic E-state index is 0.217. The maximum absolute atomic E-state index is 10.9. The molecule has 1 heterocycles. The Kier molecular flexibility index (Phi) is 3.83. The summed E-state index contributed by atoms with van der Waals surface area (Å²) in [6.07, 6.45) is 2.40. The number of hydrogen-bond acceptors (Lipinski definition) is 3. The smallest absolute Gasteiger partial charge is 0.217 e. The highest BCUT2D eigenvalue weighted by Crippen LogP contribution is 2.27. The zero-order chi connectivity index (χ0) is 13.0. The number of hydrogen-bond donors (Lipinski definition) is 1. The van der Waals surface area contributed by atoms with Crippen LogP contribution >= 0.6 is 0 Å². The first-order valence-electron chi connectivity index (χ1n) is 6.23. The first-order valence-corrected chi connectivity index (χ1v) is 6.23. The van der Waals surface area contributed by atoms with Gasteiger partial charge in [-0.25, -0.2) is 0 Å². The number of amides is 1. The number of carbonyl (C=O) groups excluding carboxylic acids is 1. The van der Waals surface area contributed by atoms with Crippen molar-refractivity contribution in [2.24, 2.45) is 11.7 Å². The van der Waals surface area contributed by atoms with Gasteiger partial charge in [0.15, 0.2) is 0 Å². The Bertz CT molecular complexity index is 470. The molecule has 1 saturated heterocycles. The summed E-state index contributed by atoms with van der Waals surface area (Å²) in [6.45, 7) is 1.77. The molecule has 2 rings (SSSR count). The second kappa shape index (κ2) is 5.54. The highest BCUT2D eigenvalue weighted by atomic mass is 16.1. The average Bonchev–Trinajstić information content (AvgIpc) is 2.39. The lowest BCUT2D eigenvalue weighted by atomic mass is 9.93. The van der Waals surface area contributed by atoms with Gasteiger partial charge in [-0.1, -0.05) is 12.1 Å². The molecule has 0 atom stereocenters. The number of nitrogens with zero attached hydrogens (tertiary/aromatic N) is 2. The molecule has 4 heteroatoms. The van der Waals surface area contributed by atoms with E-state index in [0.717, 1.165) is 31.6 Å². The summed E-state index contributed by atoms with van der Waals surface area (Å²) >= 11 is 0. The van der Waals surface area contributed by atoms with E-state index in [1.54, 1.807) is 0 Å². The van der Waals surface area contributed by atoms with Gasteiger partial charge >= 0.3 is 0 Å². The summed E-state index contributed by atoms with van der Waals surface area (Å²) in [6, 6.07) is 9.86. The van der Waals surface area contributed by atoms with E-state index >= 15 is 0 Å². The molecule has 1 amide bonds. The topological polar surface area (TPSA) is 70.1 Å². The van der Waals surface area contributed by atoms with E-state index in [4.69, 9.17) is 11.0 Å². The highest BCUT2D eigenvalue weighted by Gasteiger charge is 2.21. The van der Waals surface area contributed by atoms with Gasteiger partial charge in [0.1, 0.15) is 6.07 Å². The third kappa shape index (κ3) is 2.80. The predicted octanol–water partition coefficient (Wildman–Crippen LogP) is 1.65. The molecule has 0 spiro atoms. The van der Waals surface area contributed by atoms with Crippen molar-refractivity contribution in [1.29, 1.82) is 5.26 Å². The number of piperidine rings is 1. The SMILES string of the molecule is N#Cc1ccccc1N1CCC(CC(N)=O)CC1. The largest absolute Gasteiger partial charge is 0.370 e. The van der Waals surface area contributed by atoms with Crippen molar-refractivity contribution in [2.75, 3.05) is 18.0 Å². The zero-order valence-corrected chi connectivity index (χ0v) is 10.3. The fraction of sp³-hybridized carbons (Fsp3) is 0.429. The van der Waals surface area contributed by atoms with Crippen LogP contribution in [0.1, 0.15) is 24.8 Å². The van der Waals surface area contributed by atoms with Crippen molar-refractivity contribution in [2.45, 2.75) is 19.3 Å². The molecule has 94 valence electrons. The minimum atomic E-state index is -0.217. The van der Waals surface area contributed by atoms with Crippen molar-refractivity contribution in [3.63, 3.8) is 0 Å². The second-order valence-corrected chi connectivity index (χ2v) is 4.73. The Balaban J connectivity index is 2.01. The standard InChI is InChI=1S/C14H17N3O/c15-10-12-3-1-2-4-13(12)17-7-5-11(6-8-17)9-14(16)18/h1-4,11H,5-9H2,(H2,16,18). The van der Waals surface area contributed by atoms with E-state index in [1.807, 2.05) is 24.3 Å². The summed E-state index contributed by atoms with van der Waals surface area (Å²) in [7, 11) is 0. The number of benzene rings is 1. The quantitative estimate of drug-likeness (QED) is 0.877. The van der Waals surface area contributed by atoms with Gasteiger partial charge in [-0.15, -0.1) is 0 Å². The molecule has 4 nitrogen and oxygen atoms in total. The maximum Gasteiger partial charge on any atom is 0.217 e. The fourth-order valence-electron chi connectivity index (χ4n) is 2.51. The molecule has 0 bridgehead atoms. The molecular formula is C14H17N3O. The van der Waals surface area contributed by atoms with Crippen LogP contribution in [0.3, 0.4) is 0 Å². The molecule has 1 aliphatic rings. The Morgan fingerprint density at radius 1 is 1.39 bits per heavy atom. The Morgan fingerprint density at radius 3 is 2.67 bits per heavy atom. The number of nitriles is 1. The number of carbonyl (C=O) groups is 1. The average molecular weight is 243 g/mol. The number of rotatable bonds is 3. The predicted molar refractivity (Wildman–Crippen MR) is 69.9 cm³/mol. The summed E-state index contributed by atoms with van der Waals surface area (Å²) in [5.74, 6) is 0.180. The molecular weight excluding hydrogens is 226 g/mol. The van der Waals surface area contributed by atoms with Gasteiger partial charge in [0, 0.05) is 19.5 Å². The van der Waals surface area contributed by atoms with E-state index < -0.39 is 0 Å². The Morgan fingerprint density at radius 2 is 2.06 bits per heavy atom. The van der Waals surface area contributed by atoms with Crippen LogP contribution in [0.5, 0.6) is 0 Å². The maximum atomic E-state index is 10.9. The van der Waals surface area contributed by atoms with E-state index in [0.29, 0.717) is 17.9 Å². The molecule has 2 N–H and O–H groups in total. The van der Waals surface area contributed by atoms with Crippen molar-refractivity contribution in [1.82, 2.24) is 0 Å². The van der Waals surface area contributed by atoms with E-state index in [9.17, 15) is 4.79 Å². The molecule has 0 aromatic heterocycles. The lowest BCUT2D eigenvalue weighted by Crippen LogP contribution is -2.35. The fourth-order valence-corrected chi connectivity index (χ4v) is 2.51. The van der Waals surface area contributed by atoms with Crippen LogP contribution in [0.25, 0.3) is 0 Å². The summed E-state index contributed by atoms with van der Waals surface area (Å²) in [5.41, 5.74) is 6.93. The molecule has 1 aromatic rings. The lowest BCUT2D eigenvalue weighted by Gasteiger charge is -2.33. The van der Waals surface area contributed by atoms with E-state index in [-0.39, 0.29) is 5.91 Å². The van der Waals surface area contributed by atoms with Crippen molar-refractivity contribution >= 4 is 11.6 Å². The van der Waals surface area contributed by atoms with Gasteiger partial charge in [-0.05, 0) is 30.9 Å². The molecule has 0 saturated carbocycles. The highest BCUT2D eigenvalue weighted by molar-refractivity contribution is 5.74. The Hall–Kier alpha value is -2.02. The Labute approximate surface area is 107 Å². The van der Waals surface area contributed by atoms with E-state index in [1.165, 1.54) is 0 Å². The van der Waals surface area contributed by atoms with Crippen molar-refractivity contribution in [3.8, 4) is 6.07 Å². The summed E-state index contributed by atoms with van der Waals surface area (Å²) in [4.78, 5) is 13.1. The zero-order valence-electron chi connectivity index (χ0n) is 10.3. The van der Waals surface area contributed by atoms with Gasteiger partial charge in [-0.2, -0.15) is 5.26 Å². The minimum Gasteiger partial charge on any atom is -0.370 e. The van der Waals surface area contributed by atoms with Crippen LogP contribution in [-0.4, -0.2) is 19.0 Å². The number of primary amides is 1. The summed E-state index contributed by atoms with van der Waals surface area (Å²) in [5, 5.41) is 9.08. The van der Waals surface area contributed by atoms with Crippen LogP contribution in [0.4, 0.5) is 5.69 Å². The van der Waals surface area contributed by atoms with E-state index in [2.05, 4.69) is 11.0 Å². The van der Waals surface area contributed by atoms with Crippen LogP contribution in [-0.2, 0) is 4.79 Å². The second-order valence-electron chi connectivity index (χ2n) is 4.73. The van der Waals surface area contributed by atoms with Crippen molar-refractivity contribution < 1.29 is 4.79 Å². The first kappa shape index (κ1) is 12.4. The van der Waals surface area contributed by atoms with Crippen LogP contribution in [0, 0.1) is 17.2 Å². The van der Waals surface area contributed by atoms with Crippen LogP contribution in [0.2, 0.25) is 0 Å². The van der Waals surface area contributed by atoms with Gasteiger partial charge < -0.3 is 10.6 Å². The van der Waals surface area contributed by atoms with Gasteiger partial charge in [0.2, 0.25) is 5.91 Å². The third-order valence-electron chi connectivity index (χ3n) is 3.47. The molecule has 18 heavy (non-hydrogen) atoms. The number of anilines is 1. The molecule has 1 aliphatic heterocycles. The molecule has 0 radical (unpaired) electrons. The monoisotopic (exact) mass is 243 g/mol. The summed E-state index contributed by atoms with van der Waals surface area (Å²) < 4.78 is 0. The normalized spacial score (nSPS) is 16.3. The third-order valence-corrected chi connectivity index (χ3v) is 3.47. The van der Waals surface area contributed by atoms with Gasteiger partial charge in [-0.3, -0.25) is 4.79 Å². The molecule has 0 aliphatic carbocycles.